The van der Waals surface area contributed by atoms with Crippen LogP contribution in [0.1, 0.15) is 31.7 Å². The Morgan fingerprint density at radius 3 is 2.56 bits per heavy atom. The van der Waals surface area contributed by atoms with Crippen molar-refractivity contribution in [3.63, 3.8) is 0 Å². The third-order valence-corrected chi connectivity index (χ3v) is 8.45. The van der Waals surface area contributed by atoms with E-state index in [0.717, 1.165) is 16.5 Å². The molecule has 9 nitrogen and oxygen atoms in total. The van der Waals surface area contributed by atoms with Crippen LogP contribution in [0.3, 0.4) is 0 Å². The van der Waals surface area contributed by atoms with Gasteiger partial charge in [0.25, 0.3) is 5.92 Å². The van der Waals surface area contributed by atoms with Gasteiger partial charge in [-0.05, 0) is 41.5 Å². The lowest BCUT2D eigenvalue weighted by molar-refractivity contribution is -0.129. The minimum Gasteiger partial charge on any atom is -0.375 e. The Labute approximate surface area is 227 Å². The summed E-state index contributed by atoms with van der Waals surface area (Å²) in [5, 5.41) is 5.25. The number of hydrogen-bond donors (Lipinski definition) is 1. The zero-order valence-corrected chi connectivity index (χ0v) is 23.4. The van der Waals surface area contributed by atoms with Crippen molar-refractivity contribution in [3.8, 4) is 0 Å². The Morgan fingerprint density at radius 1 is 1.13 bits per heavy atom. The third-order valence-electron chi connectivity index (χ3n) is 7.37. The molecule has 5 rings (SSSR count). The predicted molar refractivity (Wildman–Crippen MR) is 149 cm³/mol. The smallest absolute Gasteiger partial charge is 0.290 e. The summed E-state index contributed by atoms with van der Waals surface area (Å²) in [5.74, 6) is -1.14. The number of anilines is 4. The van der Waals surface area contributed by atoms with Crippen LogP contribution in [0.25, 0.3) is 10.8 Å². The van der Waals surface area contributed by atoms with E-state index < -0.39 is 28.4 Å². The largest absolute Gasteiger partial charge is 0.375 e. The molecule has 3 aromatic rings. The summed E-state index contributed by atoms with van der Waals surface area (Å²) in [6.07, 6.45) is 3.71. The van der Waals surface area contributed by atoms with Gasteiger partial charge in [0.2, 0.25) is 5.95 Å². The zero-order valence-electron chi connectivity index (χ0n) is 22.6. The van der Waals surface area contributed by atoms with E-state index in [9.17, 15) is 17.2 Å². The first-order valence-electron chi connectivity index (χ1n) is 13.0. The lowest BCUT2D eigenvalue weighted by Crippen LogP contribution is -2.52. The number of piperidine rings is 1. The number of benzene rings is 1. The van der Waals surface area contributed by atoms with Gasteiger partial charge in [0, 0.05) is 62.4 Å². The Bertz CT molecular complexity index is 1460. The molecule has 0 aliphatic carbocycles. The highest BCUT2D eigenvalue weighted by atomic mass is 32.2. The van der Waals surface area contributed by atoms with Gasteiger partial charge < -0.3 is 19.9 Å². The lowest BCUT2D eigenvalue weighted by Gasteiger charge is -2.41. The van der Waals surface area contributed by atoms with Crippen molar-refractivity contribution in [1.82, 2.24) is 15.0 Å². The fourth-order valence-corrected chi connectivity index (χ4v) is 6.54. The molecule has 2 saturated heterocycles. The topological polar surface area (TPSA) is 101 Å². The highest BCUT2D eigenvalue weighted by Crippen LogP contribution is 2.37. The number of rotatable bonds is 8. The van der Waals surface area contributed by atoms with Gasteiger partial charge in [-0.15, -0.1) is 0 Å². The number of fused-ring (bicyclic) bond motifs is 1. The fraction of sp³-hybridized carbons (Fsp3) is 0.519. The second kappa shape index (κ2) is 10.5. The quantitative estimate of drug-likeness (QED) is 0.434. The second-order valence-corrected chi connectivity index (χ2v) is 13.1. The van der Waals surface area contributed by atoms with E-state index in [1.54, 1.807) is 12.3 Å². The zero-order chi connectivity index (χ0) is 27.9. The van der Waals surface area contributed by atoms with Crippen molar-refractivity contribution < 1.29 is 21.9 Å². The molecule has 0 bridgehead atoms. The molecular weight excluding hydrogens is 526 g/mol. The SMILES string of the molecule is CO[C@@H]1CCN(c2nccc(Nc3cc4c(C(C)C)ccc(N5CC(CS(C)(=O)=O)C5)c4cn3)n2)CC1(F)F. The number of nitrogens with zero attached hydrogens (tertiary/aromatic N) is 5. The van der Waals surface area contributed by atoms with Gasteiger partial charge in [0.1, 0.15) is 27.6 Å². The average Bonchev–Trinajstić information content (AvgIpc) is 2.84. The van der Waals surface area contributed by atoms with Gasteiger partial charge in [-0.1, -0.05) is 19.9 Å². The first-order chi connectivity index (χ1) is 18.4. The number of aromatic nitrogens is 3. The number of ether oxygens (including phenoxy) is 1. The summed E-state index contributed by atoms with van der Waals surface area (Å²) in [4.78, 5) is 17.0. The molecule has 0 radical (unpaired) electrons. The molecule has 0 amide bonds. The maximum Gasteiger partial charge on any atom is 0.290 e. The maximum atomic E-state index is 14.4. The predicted octanol–water partition coefficient (Wildman–Crippen LogP) is 4.23. The summed E-state index contributed by atoms with van der Waals surface area (Å²) >= 11 is 0. The highest BCUT2D eigenvalue weighted by molar-refractivity contribution is 7.90. The summed E-state index contributed by atoms with van der Waals surface area (Å²) in [5.41, 5.74) is 2.20. The van der Waals surface area contributed by atoms with Crippen LogP contribution in [-0.2, 0) is 14.6 Å². The minimum atomic E-state index is -3.01. The number of nitrogens with one attached hydrogen (secondary N) is 1. The van der Waals surface area contributed by atoms with Crippen LogP contribution >= 0.6 is 0 Å². The number of hydrogen-bond acceptors (Lipinski definition) is 9. The van der Waals surface area contributed by atoms with Crippen LogP contribution in [0.5, 0.6) is 0 Å². The lowest BCUT2D eigenvalue weighted by atomic mass is 9.93. The van der Waals surface area contributed by atoms with E-state index >= 15 is 0 Å². The monoisotopic (exact) mass is 560 g/mol. The molecule has 2 aromatic heterocycles. The van der Waals surface area contributed by atoms with Gasteiger partial charge in [0.15, 0.2) is 0 Å². The van der Waals surface area contributed by atoms with Crippen LogP contribution in [0.4, 0.5) is 32.1 Å². The molecule has 4 heterocycles. The van der Waals surface area contributed by atoms with E-state index in [1.165, 1.54) is 23.8 Å². The van der Waals surface area contributed by atoms with E-state index in [2.05, 4.69) is 51.1 Å². The number of methoxy groups -OCH3 is 1. The first-order valence-corrected chi connectivity index (χ1v) is 15.1. The van der Waals surface area contributed by atoms with Crippen molar-refractivity contribution in [2.75, 3.05) is 60.4 Å². The third kappa shape index (κ3) is 5.91. The molecule has 0 saturated carbocycles. The molecule has 1 aromatic carbocycles. The van der Waals surface area contributed by atoms with E-state index in [-0.39, 0.29) is 30.0 Å². The van der Waals surface area contributed by atoms with Crippen LogP contribution in [-0.4, -0.2) is 80.7 Å². The molecule has 0 unspecified atom stereocenters. The highest BCUT2D eigenvalue weighted by Gasteiger charge is 2.45. The van der Waals surface area contributed by atoms with Gasteiger partial charge >= 0.3 is 0 Å². The Kier molecular flexibility index (Phi) is 7.36. The van der Waals surface area contributed by atoms with Gasteiger partial charge in [0.05, 0.1) is 12.3 Å². The Morgan fingerprint density at radius 2 is 1.90 bits per heavy atom. The van der Waals surface area contributed by atoms with E-state index in [1.807, 2.05) is 12.3 Å². The van der Waals surface area contributed by atoms with Gasteiger partial charge in [-0.2, -0.15) is 4.98 Å². The second-order valence-electron chi connectivity index (χ2n) is 10.9. The molecule has 1 N–H and O–H groups in total. The maximum absolute atomic E-state index is 14.4. The van der Waals surface area contributed by atoms with Crippen LogP contribution < -0.4 is 15.1 Å². The van der Waals surface area contributed by atoms with Crippen molar-refractivity contribution in [2.24, 2.45) is 5.92 Å². The summed E-state index contributed by atoms with van der Waals surface area (Å²) in [7, 11) is -1.70. The fourth-order valence-electron chi connectivity index (χ4n) is 5.48. The van der Waals surface area contributed by atoms with Crippen LogP contribution in [0.15, 0.2) is 36.7 Å². The number of pyridine rings is 1. The Hall–Kier alpha value is -3.12. The molecule has 0 spiro atoms. The molecular formula is C27H34F2N6O3S. The van der Waals surface area contributed by atoms with Crippen LogP contribution in [0.2, 0.25) is 0 Å². The molecule has 2 aliphatic rings. The number of alkyl halides is 2. The summed E-state index contributed by atoms with van der Waals surface area (Å²) in [6, 6.07) is 7.85. The number of halogens is 2. The normalized spacial score (nSPS) is 19.9. The van der Waals surface area contributed by atoms with Gasteiger partial charge in [-0.25, -0.2) is 27.2 Å². The van der Waals surface area contributed by atoms with Crippen molar-refractivity contribution in [3.05, 3.63) is 42.2 Å². The van der Waals surface area contributed by atoms with E-state index in [0.29, 0.717) is 31.3 Å². The summed E-state index contributed by atoms with van der Waals surface area (Å²) in [6.45, 7) is 5.50. The van der Waals surface area contributed by atoms with Crippen molar-refractivity contribution in [1.29, 1.82) is 0 Å². The molecule has 12 heteroatoms. The molecule has 39 heavy (non-hydrogen) atoms. The number of sulfone groups is 1. The first kappa shape index (κ1) is 27.4. The van der Waals surface area contributed by atoms with E-state index in [4.69, 9.17) is 4.74 Å². The molecule has 1 atom stereocenters. The minimum absolute atomic E-state index is 0.126. The Balaban J connectivity index is 1.38. The summed E-state index contributed by atoms with van der Waals surface area (Å²) < 4.78 is 57.2. The van der Waals surface area contributed by atoms with Crippen molar-refractivity contribution in [2.45, 2.75) is 38.2 Å². The molecule has 210 valence electrons. The molecule has 2 fully saturated rings. The van der Waals surface area contributed by atoms with Crippen LogP contribution in [0, 0.1) is 5.92 Å². The van der Waals surface area contributed by atoms with Crippen molar-refractivity contribution >= 4 is 43.9 Å². The van der Waals surface area contributed by atoms with Gasteiger partial charge in [-0.3, -0.25) is 0 Å². The molecule has 2 aliphatic heterocycles. The average molecular weight is 561 g/mol. The standard InChI is InChI=1S/C27H34F2N6O3S/c1-17(2)19-5-6-22(35-13-18(14-35)15-39(4,36)37)21-12-31-25(11-20(19)21)32-24-7-9-30-26(33-24)34-10-8-23(38-3)27(28,29)16-34/h5-7,9,11-12,17-18,23H,8,10,13-16H2,1-4H3,(H,30,31,32,33)/t23-/m1/s1.